The molecule has 0 aliphatic rings. The van der Waals surface area contributed by atoms with Gasteiger partial charge in [-0.3, -0.25) is 4.98 Å². The SMILES string of the molecule is CC(C)(C)c1nc(-c2ccc(Br)c3cccnc23)c(N)s1. The molecule has 0 unspecified atom stereocenters. The fourth-order valence-corrected chi connectivity index (χ4v) is 3.53. The number of fused-ring (bicyclic) bond motifs is 1. The van der Waals surface area contributed by atoms with Crippen molar-refractivity contribution in [3.63, 3.8) is 0 Å². The molecular formula is C16H16BrN3S. The van der Waals surface area contributed by atoms with Gasteiger partial charge in [0.25, 0.3) is 0 Å². The van der Waals surface area contributed by atoms with Crippen molar-refractivity contribution in [3.8, 4) is 11.3 Å². The van der Waals surface area contributed by atoms with Gasteiger partial charge in [-0.25, -0.2) is 4.98 Å². The number of thiazole rings is 1. The lowest BCUT2D eigenvalue weighted by Gasteiger charge is -2.13. The fraction of sp³-hybridized carbons (Fsp3) is 0.250. The highest BCUT2D eigenvalue weighted by Gasteiger charge is 2.22. The predicted molar refractivity (Wildman–Crippen MR) is 93.7 cm³/mol. The van der Waals surface area contributed by atoms with Gasteiger partial charge in [0.1, 0.15) is 15.7 Å². The maximum absolute atomic E-state index is 6.22. The Bertz CT molecular complexity index is 818. The van der Waals surface area contributed by atoms with Crippen LogP contribution in [0.25, 0.3) is 22.2 Å². The van der Waals surface area contributed by atoms with Crippen LogP contribution in [0.15, 0.2) is 34.9 Å². The van der Waals surface area contributed by atoms with Gasteiger partial charge in [-0.2, -0.15) is 0 Å². The highest BCUT2D eigenvalue weighted by molar-refractivity contribution is 9.10. The number of hydrogen-bond acceptors (Lipinski definition) is 4. The minimum Gasteiger partial charge on any atom is -0.389 e. The Morgan fingerprint density at radius 1 is 1.19 bits per heavy atom. The summed E-state index contributed by atoms with van der Waals surface area (Å²) < 4.78 is 1.03. The Labute approximate surface area is 136 Å². The minimum absolute atomic E-state index is 0.00433. The van der Waals surface area contributed by atoms with E-state index < -0.39 is 0 Å². The molecule has 2 N–H and O–H groups in total. The summed E-state index contributed by atoms with van der Waals surface area (Å²) in [6.07, 6.45) is 1.80. The van der Waals surface area contributed by atoms with Crippen molar-refractivity contribution in [3.05, 3.63) is 39.9 Å². The third-order valence-electron chi connectivity index (χ3n) is 3.27. The van der Waals surface area contributed by atoms with Gasteiger partial charge in [-0.15, -0.1) is 11.3 Å². The summed E-state index contributed by atoms with van der Waals surface area (Å²) in [5.41, 5.74) is 8.95. The second kappa shape index (κ2) is 5.07. The minimum atomic E-state index is -0.00433. The molecule has 0 amide bonds. The van der Waals surface area contributed by atoms with Crippen LogP contribution < -0.4 is 5.73 Å². The maximum Gasteiger partial charge on any atom is 0.114 e. The smallest absolute Gasteiger partial charge is 0.114 e. The van der Waals surface area contributed by atoms with E-state index in [1.54, 1.807) is 17.5 Å². The van der Waals surface area contributed by atoms with Gasteiger partial charge < -0.3 is 5.73 Å². The first-order valence-corrected chi connectivity index (χ1v) is 8.29. The van der Waals surface area contributed by atoms with Gasteiger partial charge in [-0.1, -0.05) is 42.8 Å². The zero-order valence-electron chi connectivity index (χ0n) is 12.1. The molecule has 0 aliphatic carbocycles. The van der Waals surface area contributed by atoms with Crippen molar-refractivity contribution in [2.24, 2.45) is 0 Å². The topological polar surface area (TPSA) is 51.8 Å². The average molecular weight is 362 g/mol. The van der Waals surface area contributed by atoms with Crippen LogP contribution in [0.2, 0.25) is 0 Å². The molecule has 5 heteroatoms. The van der Waals surface area contributed by atoms with Gasteiger partial charge >= 0.3 is 0 Å². The number of nitrogens with zero attached hydrogens (tertiary/aromatic N) is 2. The van der Waals surface area contributed by atoms with Crippen LogP contribution in [0.5, 0.6) is 0 Å². The Balaban J connectivity index is 2.27. The highest BCUT2D eigenvalue weighted by atomic mass is 79.9. The molecule has 0 atom stereocenters. The number of benzene rings is 1. The number of rotatable bonds is 1. The number of nitrogen functional groups attached to an aromatic ring is 1. The average Bonchev–Trinajstić information content (AvgIpc) is 2.82. The molecule has 1 aromatic carbocycles. The molecule has 0 saturated heterocycles. The predicted octanol–water partition coefficient (Wildman–Crippen LogP) is 5.00. The summed E-state index contributed by atoms with van der Waals surface area (Å²) in [4.78, 5) is 9.28. The van der Waals surface area contributed by atoms with E-state index in [0.29, 0.717) is 0 Å². The van der Waals surface area contributed by atoms with E-state index in [1.165, 1.54) is 0 Å². The zero-order valence-corrected chi connectivity index (χ0v) is 14.5. The van der Waals surface area contributed by atoms with Crippen LogP contribution in [-0.4, -0.2) is 9.97 Å². The summed E-state index contributed by atoms with van der Waals surface area (Å²) in [6.45, 7) is 6.44. The van der Waals surface area contributed by atoms with Gasteiger partial charge in [0.2, 0.25) is 0 Å². The molecule has 0 aliphatic heterocycles. The normalized spacial score (nSPS) is 12.0. The van der Waals surface area contributed by atoms with Gasteiger partial charge in [0, 0.05) is 27.0 Å². The number of nitrogens with two attached hydrogens (primary N) is 1. The Morgan fingerprint density at radius 3 is 2.62 bits per heavy atom. The molecule has 21 heavy (non-hydrogen) atoms. The van der Waals surface area contributed by atoms with Crippen molar-refractivity contribution in [1.29, 1.82) is 0 Å². The Kier molecular flexibility index (Phi) is 3.50. The molecule has 2 heterocycles. The standard InChI is InChI=1S/C16H16BrN3S/c1-16(2,3)15-20-13(14(18)21-15)10-6-7-11(17)9-5-4-8-19-12(9)10/h4-8H,18H2,1-3H3. The van der Waals surface area contributed by atoms with E-state index in [4.69, 9.17) is 10.7 Å². The van der Waals surface area contributed by atoms with E-state index in [2.05, 4.69) is 41.7 Å². The maximum atomic E-state index is 6.22. The van der Waals surface area contributed by atoms with Crippen LogP contribution in [0, 0.1) is 0 Å². The highest BCUT2D eigenvalue weighted by Crippen LogP contribution is 2.39. The van der Waals surface area contributed by atoms with Crippen LogP contribution in [0.4, 0.5) is 5.00 Å². The second-order valence-electron chi connectivity index (χ2n) is 5.98. The van der Waals surface area contributed by atoms with Crippen LogP contribution >= 0.6 is 27.3 Å². The van der Waals surface area contributed by atoms with Crippen LogP contribution in [0.3, 0.4) is 0 Å². The number of hydrogen-bond donors (Lipinski definition) is 1. The first-order valence-electron chi connectivity index (χ1n) is 6.68. The van der Waals surface area contributed by atoms with E-state index in [0.717, 1.165) is 36.6 Å². The first-order chi connectivity index (χ1) is 9.88. The molecule has 0 bridgehead atoms. The molecule has 0 saturated carbocycles. The molecule has 3 aromatic rings. The third-order valence-corrected chi connectivity index (χ3v) is 5.27. The monoisotopic (exact) mass is 361 g/mol. The van der Waals surface area contributed by atoms with Crippen molar-refractivity contribution in [2.45, 2.75) is 26.2 Å². The zero-order chi connectivity index (χ0) is 15.2. The summed E-state index contributed by atoms with van der Waals surface area (Å²) >= 11 is 5.13. The second-order valence-corrected chi connectivity index (χ2v) is 7.86. The lowest BCUT2D eigenvalue weighted by Crippen LogP contribution is -2.10. The lowest BCUT2D eigenvalue weighted by molar-refractivity contribution is 0.586. The summed E-state index contributed by atoms with van der Waals surface area (Å²) in [6, 6.07) is 8.02. The molecule has 3 rings (SSSR count). The van der Waals surface area contributed by atoms with Crippen LogP contribution in [-0.2, 0) is 5.41 Å². The number of halogens is 1. The van der Waals surface area contributed by atoms with E-state index >= 15 is 0 Å². The fourth-order valence-electron chi connectivity index (χ4n) is 2.17. The number of pyridine rings is 1. The van der Waals surface area contributed by atoms with E-state index in [1.807, 2.05) is 24.3 Å². The number of aromatic nitrogens is 2. The van der Waals surface area contributed by atoms with Gasteiger partial charge in [-0.05, 0) is 18.2 Å². The molecule has 0 fully saturated rings. The molecular weight excluding hydrogens is 346 g/mol. The van der Waals surface area contributed by atoms with Crippen molar-refractivity contribution in [1.82, 2.24) is 9.97 Å². The molecule has 3 nitrogen and oxygen atoms in total. The largest absolute Gasteiger partial charge is 0.389 e. The van der Waals surface area contributed by atoms with Crippen molar-refractivity contribution >= 4 is 43.2 Å². The lowest BCUT2D eigenvalue weighted by atomic mass is 9.98. The summed E-state index contributed by atoms with van der Waals surface area (Å²) in [5, 5.41) is 2.86. The molecule has 2 aromatic heterocycles. The third kappa shape index (κ3) is 2.56. The molecule has 108 valence electrons. The summed E-state index contributed by atoms with van der Waals surface area (Å²) in [7, 11) is 0. The molecule has 0 radical (unpaired) electrons. The van der Waals surface area contributed by atoms with Gasteiger partial charge in [0.15, 0.2) is 0 Å². The molecule has 0 spiro atoms. The van der Waals surface area contributed by atoms with Crippen molar-refractivity contribution < 1.29 is 0 Å². The Morgan fingerprint density at radius 2 is 1.95 bits per heavy atom. The Hall–Kier alpha value is -1.46. The summed E-state index contributed by atoms with van der Waals surface area (Å²) in [5.74, 6) is 0. The quantitative estimate of drug-likeness (QED) is 0.663. The van der Waals surface area contributed by atoms with Gasteiger partial charge in [0.05, 0.1) is 5.52 Å². The van der Waals surface area contributed by atoms with E-state index in [9.17, 15) is 0 Å². The van der Waals surface area contributed by atoms with Crippen molar-refractivity contribution in [2.75, 3.05) is 5.73 Å². The van der Waals surface area contributed by atoms with Crippen LogP contribution in [0.1, 0.15) is 25.8 Å². The first kappa shape index (κ1) is 14.5. The van der Waals surface area contributed by atoms with E-state index in [-0.39, 0.29) is 5.41 Å². The number of anilines is 1.